The fourth-order valence-electron chi connectivity index (χ4n) is 2.23. The molecule has 0 aromatic heterocycles. The van der Waals surface area contributed by atoms with E-state index in [9.17, 15) is 4.21 Å². The SMILES string of the molecule is CCC(CC)NS(=O)(=NC1CCC1)c1cccc(N)c1. The molecule has 0 saturated heterocycles. The molecule has 1 aliphatic rings. The first kappa shape index (κ1) is 15.3. The van der Waals surface area contributed by atoms with Crippen LogP contribution >= 0.6 is 0 Å². The van der Waals surface area contributed by atoms with Crippen LogP contribution in [0.15, 0.2) is 33.5 Å². The third-order valence-corrected chi connectivity index (χ3v) is 6.00. The molecule has 2 rings (SSSR count). The quantitative estimate of drug-likeness (QED) is 0.790. The van der Waals surface area contributed by atoms with Gasteiger partial charge < -0.3 is 5.73 Å². The summed E-state index contributed by atoms with van der Waals surface area (Å²) in [4.78, 5) is 0.705. The van der Waals surface area contributed by atoms with Gasteiger partial charge in [0.2, 0.25) is 0 Å². The lowest BCUT2D eigenvalue weighted by atomic mass is 9.95. The molecule has 112 valence electrons. The lowest BCUT2D eigenvalue weighted by Crippen LogP contribution is -2.35. The van der Waals surface area contributed by atoms with Crippen molar-refractivity contribution in [2.24, 2.45) is 4.36 Å². The van der Waals surface area contributed by atoms with Gasteiger partial charge in [0.15, 0.2) is 0 Å². The highest BCUT2D eigenvalue weighted by atomic mass is 32.2. The van der Waals surface area contributed by atoms with Crippen molar-refractivity contribution in [3.63, 3.8) is 0 Å². The molecule has 1 aromatic carbocycles. The third-order valence-electron chi connectivity index (χ3n) is 3.86. The molecule has 0 amide bonds. The number of nitrogen functional groups attached to an aromatic ring is 1. The first-order valence-electron chi connectivity index (χ1n) is 7.46. The van der Waals surface area contributed by atoms with Crippen molar-refractivity contribution < 1.29 is 4.21 Å². The van der Waals surface area contributed by atoms with E-state index in [2.05, 4.69) is 22.9 Å². The van der Waals surface area contributed by atoms with Crippen LogP contribution < -0.4 is 10.5 Å². The lowest BCUT2D eigenvalue weighted by molar-refractivity contribution is 0.420. The van der Waals surface area contributed by atoms with Gasteiger partial charge in [-0.3, -0.25) is 0 Å². The maximum Gasteiger partial charge on any atom is 0.137 e. The minimum Gasteiger partial charge on any atom is -0.399 e. The maximum absolute atomic E-state index is 13.3. The summed E-state index contributed by atoms with van der Waals surface area (Å²) in [5.41, 5.74) is 6.46. The van der Waals surface area contributed by atoms with Crippen molar-refractivity contribution in [1.29, 1.82) is 0 Å². The second kappa shape index (κ2) is 6.59. The van der Waals surface area contributed by atoms with Crippen LogP contribution in [0.25, 0.3) is 0 Å². The molecule has 1 atom stereocenters. The molecule has 1 aromatic rings. The summed E-state index contributed by atoms with van der Waals surface area (Å²) in [7, 11) is -2.58. The molecule has 0 bridgehead atoms. The minimum atomic E-state index is -2.58. The topological polar surface area (TPSA) is 67.5 Å². The number of hydrogen-bond acceptors (Lipinski definition) is 3. The highest BCUT2D eigenvalue weighted by Crippen LogP contribution is 2.26. The number of nitrogens with two attached hydrogens (primary N) is 1. The molecular formula is C15H25N3OS. The summed E-state index contributed by atoms with van der Waals surface area (Å²) in [5.74, 6) is 0. The third kappa shape index (κ3) is 3.52. The van der Waals surface area contributed by atoms with E-state index in [0.717, 1.165) is 25.7 Å². The van der Waals surface area contributed by atoms with Gasteiger partial charge >= 0.3 is 0 Å². The molecular weight excluding hydrogens is 270 g/mol. The van der Waals surface area contributed by atoms with Crippen molar-refractivity contribution in [3.8, 4) is 0 Å². The second-order valence-electron chi connectivity index (χ2n) is 5.42. The molecule has 4 nitrogen and oxygen atoms in total. The van der Waals surface area contributed by atoms with E-state index in [4.69, 9.17) is 5.73 Å². The van der Waals surface area contributed by atoms with Gasteiger partial charge in [-0.1, -0.05) is 19.9 Å². The number of rotatable bonds is 6. The average Bonchev–Trinajstić information content (AvgIpc) is 2.40. The summed E-state index contributed by atoms with van der Waals surface area (Å²) in [6, 6.07) is 7.73. The number of nitrogens with one attached hydrogen (secondary N) is 1. The van der Waals surface area contributed by atoms with Crippen LogP contribution in [0.2, 0.25) is 0 Å². The Bertz CT molecular complexity index is 556. The Morgan fingerprint density at radius 3 is 2.60 bits per heavy atom. The van der Waals surface area contributed by atoms with Crippen molar-refractivity contribution in [2.75, 3.05) is 5.73 Å². The number of benzene rings is 1. The van der Waals surface area contributed by atoms with Crippen molar-refractivity contribution in [3.05, 3.63) is 24.3 Å². The summed E-state index contributed by atoms with van der Waals surface area (Å²) >= 11 is 0. The monoisotopic (exact) mass is 295 g/mol. The molecule has 20 heavy (non-hydrogen) atoms. The number of hydrogen-bond donors (Lipinski definition) is 2. The van der Waals surface area contributed by atoms with Gasteiger partial charge in [-0.15, -0.1) is 0 Å². The zero-order chi connectivity index (χ0) is 14.6. The van der Waals surface area contributed by atoms with E-state index in [-0.39, 0.29) is 12.1 Å². The molecule has 1 aliphatic carbocycles. The lowest BCUT2D eigenvalue weighted by Gasteiger charge is -2.25. The zero-order valence-electron chi connectivity index (χ0n) is 12.3. The van der Waals surface area contributed by atoms with Crippen molar-refractivity contribution >= 4 is 15.6 Å². The Labute approximate surface area is 122 Å². The molecule has 1 fully saturated rings. The molecule has 0 radical (unpaired) electrons. The van der Waals surface area contributed by atoms with E-state index >= 15 is 0 Å². The Morgan fingerprint density at radius 1 is 1.40 bits per heavy atom. The van der Waals surface area contributed by atoms with Gasteiger partial charge in [0.25, 0.3) is 0 Å². The molecule has 1 saturated carbocycles. The van der Waals surface area contributed by atoms with E-state index in [0.29, 0.717) is 10.6 Å². The van der Waals surface area contributed by atoms with Gasteiger partial charge in [-0.25, -0.2) is 13.3 Å². The van der Waals surface area contributed by atoms with Crippen LogP contribution in [0, 0.1) is 0 Å². The van der Waals surface area contributed by atoms with Crippen LogP contribution in [-0.2, 0) is 9.92 Å². The van der Waals surface area contributed by atoms with Gasteiger partial charge in [0, 0.05) is 11.7 Å². The number of anilines is 1. The predicted molar refractivity (Wildman–Crippen MR) is 84.8 cm³/mol. The minimum absolute atomic E-state index is 0.216. The molecule has 5 heteroatoms. The zero-order valence-corrected chi connectivity index (χ0v) is 13.2. The fourth-order valence-corrected chi connectivity index (χ4v) is 4.52. The molecule has 0 heterocycles. The summed E-state index contributed by atoms with van der Waals surface area (Å²) in [5, 5.41) is 0. The van der Waals surface area contributed by atoms with E-state index < -0.39 is 9.92 Å². The van der Waals surface area contributed by atoms with Crippen LogP contribution in [-0.4, -0.2) is 16.3 Å². The largest absolute Gasteiger partial charge is 0.399 e. The first-order chi connectivity index (χ1) is 9.57. The highest BCUT2D eigenvalue weighted by Gasteiger charge is 2.23. The Morgan fingerprint density at radius 2 is 2.10 bits per heavy atom. The van der Waals surface area contributed by atoms with E-state index in [1.165, 1.54) is 6.42 Å². The molecule has 0 aliphatic heterocycles. The normalized spacial score (nSPS) is 18.6. The maximum atomic E-state index is 13.3. The average molecular weight is 295 g/mol. The van der Waals surface area contributed by atoms with Crippen LogP contribution in [0.5, 0.6) is 0 Å². The van der Waals surface area contributed by atoms with Crippen molar-refractivity contribution in [1.82, 2.24) is 4.72 Å². The number of nitrogens with zero attached hydrogens (tertiary/aromatic N) is 1. The summed E-state index contributed by atoms with van der Waals surface area (Å²) in [6.07, 6.45) is 5.16. The van der Waals surface area contributed by atoms with Gasteiger partial charge in [0.05, 0.1) is 10.9 Å². The van der Waals surface area contributed by atoms with Crippen LogP contribution in [0.1, 0.15) is 46.0 Å². The smallest absolute Gasteiger partial charge is 0.137 e. The molecule has 3 N–H and O–H groups in total. The van der Waals surface area contributed by atoms with Gasteiger partial charge in [0.1, 0.15) is 9.92 Å². The molecule has 1 unspecified atom stereocenters. The predicted octanol–water partition coefficient (Wildman–Crippen LogP) is 3.34. The van der Waals surface area contributed by atoms with Crippen LogP contribution in [0.3, 0.4) is 0 Å². The Kier molecular flexibility index (Phi) is 5.05. The Balaban J connectivity index is 2.38. The molecule has 0 spiro atoms. The fraction of sp³-hybridized carbons (Fsp3) is 0.600. The van der Waals surface area contributed by atoms with Crippen LogP contribution in [0.4, 0.5) is 5.69 Å². The van der Waals surface area contributed by atoms with Gasteiger partial charge in [-0.2, -0.15) is 0 Å². The summed E-state index contributed by atoms with van der Waals surface area (Å²) < 4.78 is 21.2. The van der Waals surface area contributed by atoms with Gasteiger partial charge in [-0.05, 0) is 50.3 Å². The highest BCUT2D eigenvalue weighted by molar-refractivity contribution is 7.91. The van der Waals surface area contributed by atoms with E-state index in [1.807, 2.05) is 18.2 Å². The standard InChI is InChI=1S/C15H25N3OS/c1-3-13(4-2)17-20(19,18-14-8-6-9-14)15-10-5-7-12(16)11-15/h5,7,10-11,13-14H,3-4,6,8-9,16H2,1-2H3,(H,17,18,19). The first-order valence-corrected chi connectivity index (χ1v) is 8.98. The Hall–Kier alpha value is -1.07. The van der Waals surface area contributed by atoms with E-state index in [1.54, 1.807) is 6.07 Å². The summed E-state index contributed by atoms with van der Waals surface area (Å²) in [6.45, 7) is 4.20. The second-order valence-corrected chi connectivity index (χ2v) is 7.39. The van der Waals surface area contributed by atoms with Crippen molar-refractivity contribution in [2.45, 2.75) is 62.9 Å².